The van der Waals surface area contributed by atoms with E-state index in [1.54, 1.807) is 0 Å². The number of hydrogen-bond acceptors (Lipinski definition) is 3. The second-order valence-electron chi connectivity index (χ2n) is 6.25. The molecule has 1 aromatic heterocycles. The van der Waals surface area contributed by atoms with Gasteiger partial charge >= 0.3 is 0 Å². The highest BCUT2D eigenvalue weighted by molar-refractivity contribution is 7.12. The van der Waals surface area contributed by atoms with Gasteiger partial charge in [-0.2, -0.15) is 0 Å². The van der Waals surface area contributed by atoms with Gasteiger partial charge in [0.1, 0.15) is 4.88 Å². The summed E-state index contributed by atoms with van der Waals surface area (Å²) in [6, 6.07) is 1.89. The Morgan fingerprint density at radius 2 is 2.24 bits per heavy atom. The first-order chi connectivity index (χ1) is 10.0. The highest BCUT2D eigenvalue weighted by Crippen LogP contribution is 2.30. The smallest absolute Gasteiger partial charge is 0.265 e. The van der Waals surface area contributed by atoms with E-state index in [-0.39, 0.29) is 12.5 Å². The van der Waals surface area contributed by atoms with Crippen LogP contribution in [0.15, 0.2) is 11.4 Å². The van der Waals surface area contributed by atoms with Crippen molar-refractivity contribution in [2.75, 3.05) is 19.7 Å². The van der Waals surface area contributed by atoms with E-state index < -0.39 is 0 Å². The molecule has 114 valence electrons. The minimum atomic E-state index is 0.0572. The third-order valence-corrected chi connectivity index (χ3v) is 4.85. The summed E-state index contributed by atoms with van der Waals surface area (Å²) in [5, 5.41) is 10.7. The van der Waals surface area contributed by atoms with Crippen molar-refractivity contribution in [2.45, 2.75) is 39.5 Å². The van der Waals surface area contributed by atoms with Gasteiger partial charge in [0.25, 0.3) is 5.91 Å². The molecule has 1 fully saturated rings. The van der Waals surface area contributed by atoms with Crippen LogP contribution in [0.3, 0.4) is 0 Å². The maximum absolute atomic E-state index is 12.7. The molecule has 1 aromatic rings. The van der Waals surface area contributed by atoms with Crippen LogP contribution in [-0.2, 0) is 0 Å². The maximum Gasteiger partial charge on any atom is 0.265 e. The third-order valence-electron chi connectivity index (χ3n) is 3.95. The Morgan fingerprint density at radius 3 is 3.00 bits per heavy atom. The van der Waals surface area contributed by atoms with Crippen molar-refractivity contribution < 1.29 is 9.90 Å². The van der Waals surface area contributed by atoms with Gasteiger partial charge in [-0.1, -0.05) is 25.7 Å². The Kier molecular flexibility index (Phi) is 5.44. The molecule has 4 heteroatoms. The van der Waals surface area contributed by atoms with E-state index >= 15 is 0 Å². The molecule has 1 amide bonds. The summed E-state index contributed by atoms with van der Waals surface area (Å²) in [6.07, 6.45) is 3.73. The SMILES string of the molecule is CC1(C)CCCN(C(=O)c2sccc2C#CCCO)CC1. The second kappa shape index (κ2) is 7.11. The van der Waals surface area contributed by atoms with Crippen LogP contribution in [0, 0.1) is 17.3 Å². The predicted molar refractivity (Wildman–Crippen MR) is 86.4 cm³/mol. The van der Waals surface area contributed by atoms with E-state index in [0.717, 1.165) is 36.4 Å². The Hall–Kier alpha value is -1.31. The highest BCUT2D eigenvalue weighted by atomic mass is 32.1. The highest BCUT2D eigenvalue weighted by Gasteiger charge is 2.27. The number of carbonyl (C=O) groups is 1. The van der Waals surface area contributed by atoms with Gasteiger partial charge in [-0.15, -0.1) is 11.3 Å². The fraction of sp³-hybridized carbons (Fsp3) is 0.588. The molecular formula is C17H23NO2S. The van der Waals surface area contributed by atoms with Gasteiger partial charge in [-0.3, -0.25) is 4.79 Å². The van der Waals surface area contributed by atoms with Crippen LogP contribution in [0.2, 0.25) is 0 Å². The lowest BCUT2D eigenvalue weighted by molar-refractivity contribution is 0.0762. The lowest BCUT2D eigenvalue weighted by Crippen LogP contribution is -2.32. The van der Waals surface area contributed by atoms with E-state index in [1.807, 2.05) is 16.3 Å². The minimum absolute atomic E-state index is 0.0572. The van der Waals surface area contributed by atoms with Crippen molar-refractivity contribution in [3.63, 3.8) is 0 Å². The lowest BCUT2D eigenvalue weighted by atomic mass is 9.85. The van der Waals surface area contributed by atoms with E-state index in [0.29, 0.717) is 11.8 Å². The van der Waals surface area contributed by atoms with E-state index in [9.17, 15) is 4.79 Å². The van der Waals surface area contributed by atoms with Gasteiger partial charge in [0, 0.05) is 25.1 Å². The lowest BCUT2D eigenvalue weighted by Gasteiger charge is -2.23. The number of amides is 1. The Morgan fingerprint density at radius 1 is 1.43 bits per heavy atom. The summed E-state index contributed by atoms with van der Waals surface area (Å²) >= 11 is 1.46. The molecule has 3 nitrogen and oxygen atoms in total. The molecule has 0 aliphatic carbocycles. The number of aliphatic hydroxyl groups is 1. The van der Waals surface area contributed by atoms with E-state index in [2.05, 4.69) is 25.7 Å². The van der Waals surface area contributed by atoms with Crippen LogP contribution >= 0.6 is 11.3 Å². The number of hydrogen-bond donors (Lipinski definition) is 1. The number of rotatable bonds is 2. The molecule has 0 unspecified atom stereocenters. The Bertz CT molecular complexity index is 551. The zero-order valence-corrected chi connectivity index (χ0v) is 13.6. The molecule has 1 N–H and O–H groups in total. The summed E-state index contributed by atoms with van der Waals surface area (Å²) in [5.74, 6) is 6.00. The average molecular weight is 305 g/mol. The van der Waals surface area contributed by atoms with Crippen LogP contribution in [0.1, 0.15) is 54.8 Å². The van der Waals surface area contributed by atoms with Gasteiger partial charge in [-0.05, 0) is 36.1 Å². The van der Waals surface area contributed by atoms with Crippen LogP contribution < -0.4 is 0 Å². The summed E-state index contributed by atoms with van der Waals surface area (Å²) in [4.78, 5) is 15.4. The quantitative estimate of drug-likeness (QED) is 0.853. The van der Waals surface area contributed by atoms with Crippen LogP contribution in [0.25, 0.3) is 0 Å². The summed E-state index contributed by atoms with van der Waals surface area (Å²) < 4.78 is 0. The van der Waals surface area contributed by atoms with Crippen LogP contribution in [0.4, 0.5) is 0 Å². The third kappa shape index (κ3) is 4.33. The van der Waals surface area contributed by atoms with Crippen molar-refractivity contribution in [1.29, 1.82) is 0 Å². The second-order valence-corrected chi connectivity index (χ2v) is 7.16. The van der Waals surface area contributed by atoms with Crippen molar-refractivity contribution >= 4 is 17.2 Å². The number of aliphatic hydroxyl groups excluding tert-OH is 1. The molecule has 0 radical (unpaired) electrons. The molecule has 1 saturated heterocycles. The topological polar surface area (TPSA) is 40.5 Å². The van der Waals surface area contributed by atoms with Gasteiger partial charge < -0.3 is 10.0 Å². The molecule has 2 heterocycles. The Labute approximate surface area is 131 Å². The molecule has 1 aliphatic heterocycles. The van der Waals surface area contributed by atoms with Crippen molar-refractivity contribution in [1.82, 2.24) is 4.90 Å². The summed E-state index contributed by atoms with van der Waals surface area (Å²) in [7, 11) is 0. The standard InChI is InChI=1S/C17H23NO2S/c1-17(2)8-5-10-18(11-9-17)16(20)15-14(7-13-21-15)6-3-4-12-19/h7,13,19H,4-5,8-12H2,1-2H3. The van der Waals surface area contributed by atoms with E-state index in [1.165, 1.54) is 17.8 Å². The molecule has 21 heavy (non-hydrogen) atoms. The largest absolute Gasteiger partial charge is 0.395 e. The normalized spacial score (nSPS) is 17.8. The zero-order valence-electron chi connectivity index (χ0n) is 12.8. The van der Waals surface area contributed by atoms with Crippen LogP contribution in [-0.4, -0.2) is 35.6 Å². The van der Waals surface area contributed by atoms with Gasteiger partial charge in [0.05, 0.1) is 6.61 Å². The molecule has 0 aromatic carbocycles. The van der Waals surface area contributed by atoms with Gasteiger partial charge in [-0.25, -0.2) is 0 Å². The molecule has 0 bridgehead atoms. The molecule has 0 saturated carbocycles. The number of carbonyl (C=O) groups excluding carboxylic acids is 1. The average Bonchev–Trinajstić information content (AvgIpc) is 2.82. The van der Waals surface area contributed by atoms with Gasteiger partial charge in [0.15, 0.2) is 0 Å². The summed E-state index contributed by atoms with van der Waals surface area (Å²) in [5.41, 5.74) is 1.12. The molecule has 1 aliphatic rings. The number of nitrogens with zero attached hydrogens (tertiary/aromatic N) is 1. The van der Waals surface area contributed by atoms with E-state index in [4.69, 9.17) is 5.11 Å². The fourth-order valence-corrected chi connectivity index (χ4v) is 3.37. The molecule has 0 atom stereocenters. The van der Waals surface area contributed by atoms with Crippen LogP contribution in [0.5, 0.6) is 0 Å². The predicted octanol–water partition coefficient (Wildman–Crippen LogP) is 3.13. The molecule has 2 rings (SSSR count). The number of thiophene rings is 1. The van der Waals surface area contributed by atoms with Gasteiger partial charge in [0.2, 0.25) is 0 Å². The molecule has 0 spiro atoms. The molecular weight excluding hydrogens is 282 g/mol. The number of likely N-dealkylation sites (tertiary alicyclic amines) is 1. The minimum Gasteiger partial charge on any atom is -0.395 e. The first kappa shape index (κ1) is 16.1. The van der Waals surface area contributed by atoms with Crippen molar-refractivity contribution in [3.05, 3.63) is 21.9 Å². The summed E-state index contributed by atoms with van der Waals surface area (Å²) in [6.45, 7) is 6.27. The maximum atomic E-state index is 12.7. The fourth-order valence-electron chi connectivity index (χ4n) is 2.56. The zero-order chi connectivity index (χ0) is 15.3. The van der Waals surface area contributed by atoms with Crippen molar-refractivity contribution in [2.24, 2.45) is 5.41 Å². The first-order valence-corrected chi connectivity index (χ1v) is 8.38. The van der Waals surface area contributed by atoms with Crippen molar-refractivity contribution in [3.8, 4) is 11.8 Å². The Balaban J connectivity index is 2.10. The monoisotopic (exact) mass is 305 g/mol. The first-order valence-electron chi connectivity index (χ1n) is 7.50.